The minimum Gasteiger partial charge on any atom is -0.355 e. The van der Waals surface area contributed by atoms with Gasteiger partial charge in [0.1, 0.15) is 13.7 Å². The van der Waals surface area contributed by atoms with Gasteiger partial charge in [0.05, 0.1) is 6.54 Å². The van der Waals surface area contributed by atoms with Crippen LogP contribution in [0.2, 0.25) is 0 Å². The van der Waals surface area contributed by atoms with Crippen molar-refractivity contribution in [3.05, 3.63) is 12.0 Å². The molecule has 2 radical (unpaired) electrons. The summed E-state index contributed by atoms with van der Waals surface area (Å²) in [6.45, 7) is 0.414. The molecule has 0 aliphatic heterocycles. The number of H-pyrrole nitrogens is 1. The van der Waals surface area contributed by atoms with E-state index in [4.69, 9.17) is 13.6 Å². The number of hydrogen-bond donors (Lipinski definition) is 2. The van der Waals surface area contributed by atoms with E-state index in [1.807, 2.05) is 0 Å². The Morgan fingerprint density at radius 2 is 2.62 bits per heavy atom. The molecule has 0 aromatic carbocycles. The molecule has 0 saturated carbocycles. The summed E-state index contributed by atoms with van der Waals surface area (Å²) in [5.41, 5.74) is 5.77. The van der Waals surface area contributed by atoms with Crippen molar-refractivity contribution in [2.75, 3.05) is 0 Å². The minimum absolute atomic E-state index is 0.414. The molecule has 4 heteroatoms. The van der Waals surface area contributed by atoms with Gasteiger partial charge in [-0.25, -0.2) is 4.98 Å². The molecule has 0 fully saturated rings. The smallest absolute Gasteiger partial charge is 0.140 e. The van der Waals surface area contributed by atoms with Crippen LogP contribution in [0.1, 0.15) is 5.82 Å². The predicted octanol–water partition coefficient (Wildman–Crippen LogP) is -1.34. The van der Waals surface area contributed by atoms with Crippen LogP contribution < -0.4 is 11.3 Å². The van der Waals surface area contributed by atoms with E-state index in [9.17, 15) is 0 Å². The number of nitrogens with zero attached hydrogens (tertiary/aromatic N) is 1. The second-order valence-electron chi connectivity index (χ2n) is 1.49. The maximum Gasteiger partial charge on any atom is 0.140 e. The first kappa shape index (κ1) is 5.37. The van der Waals surface area contributed by atoms with Gasteiger partial charge in [0.2, 0.25) is 0 Å². The Labute approximate surface area is 48.7 Å². The monoisotopic (exact) mass is 107 g/mol. The average molecular weight is 107 g/mol. The fraction of sp³-hybridized carbons (Fsp3) is 0.250. The third kappa shape index (κ3) is 0.896. The van der Waals surface area contributed by atoms with Crippen LogP contribution in [-0.4, -0.2) is 17.8 Å². The Hall–Kier alpha value is -0.765. The highest BCUT2D eigenvalue weighted by Crippen LogP contribution is 1.78. The van der Waals surface area contributed by atoms with Crippen LogP contribution in [0.3, 0.4) is 0 Å². The fourth-order valence-electron chi connectivity index (χ4n) is 0.482. The lowest BCUT2D eigenvalue weighted by molar-refractivity contribution is 0.953. The van der Waals surface area contributed by atoms with Crippen molar-refractivity contribution in [2.24, 2.45) is 5.73 Å². The van der Waals surface area contributed by atoms with E-state index in [0.29, 0.717) is 12.1 Å². The Balaban J connectivity index is 2.84. The third-order valence-corrected chi connectivity index (χ3v) is 0.841. The maximum atomic E-state index is 5.28. The van der Waals surface area contributed by atoms with Gasteiger partial charge in [-0.05, 0) is 5.59 Å². The second-order valence-corrected chi connectivity index (χ2v) is 1.49. The molecular formula is C4H6BN3. The first-order valence-corrected chi connectivity index (χ1v) is 2.32. The molecule has 1 heterocycles. The van der Waals surface area contributed by atoms with Gasteiger partial charge < -0.3 is 10.7 Å². The van der Waals surface area contributed by atoms with Crippen LogP contribution in [0.25, 0.3) is 0 Å². The molecule has 0 bridgehead atoms. The molecule has 0 aliphatic carbocycles. The molecule has 0 aliphatic rings. The van der Waals surface area contributed by atoms with Crippen molar-refractivity contribution in [1.82, 2.24) is 9.97 Å². The normalized spacial score (nSPS) is 9.62. The van der Waals surface area contributed by atoms with Gasteiger partial charge in [-0.3, -0.25) is 0 Å². The van der Waals surface area contributed by atoms with E-state index in [-0.39, 0.29) is 0 Å². The first-order valence-electron chi connectivity index (χ1n) is 2.32. The first-order chi connectivity index (χ1) is 3.83. The number of rotatable bonds is 1. The topological polar surface area (TPSA) is 54.7 Å². The molecule has 8 heavy (non-hydrogen) atoms. The summed E-state index contributed by atoms with van der Waals surface area (Å²) < 4.78 is 0. The molecular weight excluding hydrogens is 101 g/mol. The van der Waals surface area contributed by atoms with Crippen molar-refractivity contribution >= 4 is 13.4 Å². The van der Waals surface area contributed by atoms with E-state index in [2.05, 4.69) is 9.97 Å². The minimum atomic E-state index is 0.414. The lowest BCUT2D eigenvalue weighted by Gasteiger charge is -1.82. The molecule has 40 valence electrons. The van der Waals surface area contributed by atoms with Crippen LogP contribution in [0.15, 0.2) is 6.20 Å². The molecule has 0 amide bonds. The van der Waals surface area contributed by atoms with Crippen molar-refractivity contribution in [3.63, 3.8) is 0 Å². The zero-order valence-corrected chi connectivity index (χ0v) is 4.39. The number of nitrogens with two attached hydrogens (primary N) is 1. The summed E-state index contributed by atoms with van der Waals surface area (Å²) in [6, 6.07) is 0. The molecule has 3 nitrogen and oxygen atoms in total. The quantitative estimate of drug-likeness (QED) is 0.436. The van der Waals surface area contributed by atoms with Gasteiger partial charge in [-0.1, -0.05) is 0 Å². The second kappa shape index (κ2) is 2.00. The predicted molar refractivity (Wildman–Crippen MR) is 31.9 cm³/mol. The number of aromatic nitrogens is 2. The summed E-state index contributed by atoms with van der Waals surface area (Å²) >= 11 is 0. The summed E-state index contributed by atoms with van der Waals surface area (Å²) in [7, 11) is 5.28. The van der Waals surface area contributed by atoms with Gasteiger partial charge in [0, 0.05) is 6.20 Å². The van der Waals surface area contributed by atoms with Crippen LogP contribution >= 0.6 is 0 Å². The van der Waals surface area contributed by atoms with Gasteiger partial charge in [0.25, 0.3) is 0 Å². The highest BCUT2D eigenvalue weighted by atomic mass is 14.9. The lowest BCUT2D eigenvalue weighted by Crippen LogP contribution is -2.04. The molecule has 0 atom stereocenters. The van der Waals surface area contributed by atoms with E-state index in [0.717, 1.165) is 5.82 Å². The van der Waals surface area contributed by atoms with Crippen LogP contribution in [0.4, 0.5) is 0 Å². The maximum absolute atomic E-state index is 5.28. The SMILES string of the molecule is [B]c1cnc(CN)[nH]1. The number of aromatic amines is 1. The molecule has 1 aromatic heterocycles. The Morgan fingerprint density at radius 1 is 1.88 bits per heavy atom. The summed E-state index contributed by atoms with van der Waals surface area (Å²) in [4.78, 5) is 6.60. The van der Waals surface area contributed by atoms with E-state index in [1.165, 1.54) is 0 Å². The van der Waals surface area contributed by atoms with E-state index in [1.54, 1.807) is 6.20 Å². The van der Waals surface area contributed by atoms with E-state index < -0.39 is 0 Å². The van der Waals surface area contributed by atoms with Gasteiger partial charge in [-0.2, -0.15) is 0 Å². The zero-order valence-electron chi connectivity index (χ0n) is 4.39. The molecule has 1 aromatic rings. The highest BCUT2D eigenvalue weighted by molar-refractivity contribution is 6.30. The van der Waals surface area contributed by atoms with Crippen LogP contribution in [-0.2, 0) is 6.54 Å². The van der Waals surface area contributed by atoms with Crippen LogP contribution in [0.5, 0.6) is 0 Å². The lowest BCUT2D eigenvalue weighted by atomic mass is 10.1. The molecule has 1 rings (SSSR count). The Morgan fingerprint density at radius 3 is 2.88 bits per heavy atom. The molecule has 0 spiro atoms. The standard InChI is InChI=1S/C4H6BN3/c5-3-2-7-4(1-6)8-3/h2H,1,6H2,(H,7,8). The van der Waals surface area contributed by atoms with Gasteiger partial charge in [0.15, 0.2) is 0 Å². The van der Waals surface area contributed by atoms with Crippen LogP contribution in [0, 0.1) is 0 Å². The van der Waals surface area contributed by atoms with Crippen molar-refractivity contribution in [2.45, 2.75) is 6.54 Å². The number of imidazole rings is 1. The molecule has 3 N–H and O–H groups in total. The Kier molecular flexibility index (Phi) is 1.35. The molecule has 0 saturated heterocycles. The summed E-state index contributed by atoms with van der Waals surface area (Å²) in [5.74, 6) is 0.725. The van der Waals surface area contributed by atoms with Gasteiger partial charge >= 0.3 is 0 Å². The Bertz CT molecular complexity index is 172. The number of nitrogens with one attached hydrogen (secondary N) is 1. The zero-order chi connectivity index (χ0) is 5.98. The fourth-order valence-corrected chi connectivity index (χ4v) is 0.482. The summed E-state index contributed by atoms with van der Waals surface area (Å²) in [5, 5.41) is 0. The van der Waals surface area contributed by atoms with Crippen molar-refractivity contribution in [1.29, 1.82) is 0 Å². The average Bonchev–Trinajstić information content (AvgIpc) is 2.14. The summed E-state index contributed by atoms with van der Waals surface area (Å²) in [6.07, 6.45) is 1.54. The van der Waals surface area contributed by atoms with Crippen molar-refractivity contribution < 1.29 is 0 Å². The molecule has 0 unspecified atom stereocenters. The largest absolute Gasteiger partial charge is 0.355 e. The third-order valence-electron chi connectivity index (χ3n) is 0.841. The van der Waals surface area contributed by atoms with Gasteiger partial charge in [-0.15, -0.1) is 0 Å². The van der Waals surface area contributed by atoms with E-state index >= 15 is 0 Å². The van der Waals surface area contributed by atoms with Crippen molar-refractivity contribution in [3.8, 4) is 0 Å². The highest BCUT2D eigenvalue weighted by Gasteiger charge is 1.89. The number of hydrogen-bond acceptors (Lipinski definition) is 2.